The summed E-state index contributed by atoms with van der Waals surface area (Å²) in [5, 5.41) is 14.3. The summed E-state index contributed by atoms with van der Waals surface area (Å²) in [6.07, 6.45) is 7.57. The van der Waals surface area contributed by atoms with Gasteiger partial charge in [0.25, 0.3) is 0 Å². The molecule has 0 saturated carbocycles. The molecule has 0 bridgehead atoms. The standard InChI is InChI=1S/C14H21N3O4/c18-12-9-17(11(8-16-12)13(19)20)14(21)15-7-6-10-4-2-1-3-5-10/h4,11H,1-3,5-9H2,(H,15,21)(H,16,18)(H,19,20). The second-order valence-corrected chi connectivity index (χ2v) is 5.38. The lowest BCUT2D eigenvalue weighted by Gasteiger charge is -2.32. The lowest BCUT2D eigenvalue weighted by atomic mass is 9.97. The Morgan fingerprint density at radius 3 is 2.90 bits per heavy atom. The fourth-order valence-electron chi connectivity index (χ4n) is 2.64. The summed E-state index contributed by atoms with van der Waals surface area (Å²) in [6, 6.07) is -1.50. The van der Waals surface area contributed by atoms with Crippen molar-refractivity contribution in [1.29, 1.82) is 0 Å². The van der Waals surface area contributed by atoms with Crippen LogP contribution in [0.25, 0.3) is 0 Å². The third-order valence-corrected chi connectivity index (χ3v) is 3.84. The molecule has 2 rings (SSSR count). The van der Waals surface area contributed by atoms with Gasteiger partial charge in [-0.05, 0) is 32.1 Å². The number of hydrogen-bond donors (Lipinski definition) is 3. The number of hydrogen-bond acceptors (Lipinski definition) is 3. The first-order valence-corrected chi connectivity index (χ1v) is 7.30. The first-order valence-electron chi connectivity index (χ1n) is 7.30. The maximum atomic E-state index is 12.1. The Hall–Kier alpha value is -2.05. The Morgan fingerprint density at radius 1 is 1.43 bits per heavy atom. The number of nitrogens with one attached hydrogen (secondary N) is 2. The predicted molar refractivity (Wildman–Crippen MR) is 75.7 cm³/mol. The maximum absolute atomic E-state index is 12.1. The van der Waals surface area contributed by atoms with E-state index in [1.165, 1.54) is 18.4 Å². The number of carbonyl (C=O) groups is 3. The maximum Gasteiger partial charge on any atom is 0.328 e. The third-order valence-electron chi connectivity index (χ3n) is 3.84. The fraction of sp³-hybridized carbons (Fsp3) is 0.643. The van der Waals surface area contributed by atoms with Gasteiger partial charge in [-0.3, -0.25) is 9.69 Å². The first-order chi connectivity index (χ1) is 10.1. The van der Waals surface area contributed by atoms with Crippen molar-refractivity contribution in [2.75, 3.05) is 19.6 Å². The highest BCUT2D eigenvalue weighted by atomic mass is 16.4. The van der Waals surface area contributed by atoms with Gasteiger partial charge in [-0.2, -0.15) is 0 Å². The minimum atomic E-state index is -1.11. The Bertz CT molecular complexity index is 461. The van der Waals surface area contributed by atoms with Crippen molar-refractivity contribution in [2.45, 2.75) is 38.1 Å². The average molecular weight is 295 g/mol. The molecule has 7 nitrogen and oxygen atoms in total. The Labute approximate surface area is 123 Å². The third kappa shape index (κ3) is 4.21. The monoisotopic (exact) mass is 295 g/mol. The summed E-state index contributed by atoms with van der Waals surface area (Å²) in [7, 11) is 0. The van der Waals surface area contributed by atoms with Crippen LogP contribution in [0.2, 0.25) is 0 Å². The highest BCUT2D eigenvalue weighted by Crippen LogP contribution is 2.19. The van der Waals surface area contributed by atoms with Crippen LogP contribution in [0.3, 0.4) is 0 Å². The highest BCUT2D eigenvalue weighted by molar-refractivity contribution is 5.90. The Morgan fingerprint density at radius 2 is 2.24 bits per heavy atom. The Balaban J connectivity index is 1.83. The van der Waals surface area contributed by atoms with Crippen LogP contribution < -0.4 is 10.6 Å². The van der Waals surface area contributed by atoms with E-state index in [1.807, 2.05) is 0 Å². The molecule has 3 amide bonds. The van der Waals surface area contributed by atoms with Gasteiger partial charge in [0, 0.05) is 13.1 Å². The summed E-state index contributed by atoms with van der Waals surface area (Å²) in [5.74, 6) is -1.45. The van der Waals surface area contributed by atoms with Gasteiger partial charge < -0.3 is 15.7 Å². The number of allylic oxidation sites excluding steroid dienone is 1. The van der Waals surface area contributed by atoms with Crippen molar-refractivity contribution in [2.24, 2.45) is 0 Å². The molecule has 116 valence electrons. The molecule has 1 saturated heterocycles. The molecular weight excluding hydrogens is 274 g/mol. The number of carbonyl (C=O) groups excluding carboxylic acids is 2. The van der Waals surface area contributed by atoms with E-state index < -0.39 is 18.0 Å². The summed E-state index contributed by atoms with van der Waals surface area (Å²) in [5.41, 5.74) is 1.34. The summed E-state index contributed by atoms with van der Waals surface area (Å²) < 4.78 is 0. The van der Waals surface area contributed by atoms with E-state index in [2.05, 4.69) is 16.7 Å². The lowest BCUT2D eigenvalue weighted by molar-refractivity contribution is -0.144. The number of urea groups is 1. The smallest absolute Gasteiger partial charge is 0.328 e. The van der Waals surface area contributed by atoms with E-state index in [-0.39, 0.29) is 19.0 Å². The highest BCUT2D eigenvalue weighted by Gasteiger charge is 2.34. The quantitative estimate of drug-likeness (QED) is 0.657. The van der Waals surface area contributed by atoms with Crippen LogP contribution in [0.4, 0.5) is 4.79 Å². The molecule has 2 aliphatic rings. The molecule has 21 heavy (non-hydrogen) atoms. The van der Waals surface area contributed by atoms with Crippen LogP contribution in [0.1, 0.15) is 32.1 Å². The van der Waals surface area contributed by atoms with E-state index in [4.69, 9.17) is 5.11 Å². The normalized spacial score (nSPS) is 22.3. The topological polar surface area (TPSA) is 98.7 Å². The molecule has 1 atom stereocenters. The average Bonchev–Trinajstić information content (AvgIpc) is 2.47. The predicted octanol–water partition coefficient (Wildman–Crippen LogP) is 0.472. The van der Waals surface area contributed by atoms with Crippen molar-refractivity contribution in [3.05, 3.63) is 11.6 Å². The van der Waals surface area contributed by atoms with Crippen molar-refractivity contribution in [3.63, 3.8) is 0 Å². The molecule has 1 heterocycles. The second kappa shape index (κ2) is 7.10. The molecule has 0 radical (unpaired) electrons. The van der Waals surface area contributed by atoms with Gasteiger partial charge in [-0.25, -0.2) is 9.59 Å². The van der Waals surface area contributed by atoms with Gasteiger partial charge in [0.1, 0.15) is 12.6 Å². The van der Waals surface area contributed by atoms with Gasteiger partial charge in [-0.15, -0.1) is 0 Å². The lowest BCUT2D eigenvalue weighted by Crippen LogP contribution is -2.61. The van der Waals surface area contributed by atoms with Crippen LogP contribution in [0.15, 0.2) is 11.6 Å². The zero-order valence-corrected chi connectivity index (χ0v) is 11.9. The number of aliphatic carboxylic acids is 1. The van der Waals surface area contributed by atoms with Gasteiger partial charge >= 0.3 is 12.0 Å². The first kappa shape index (κ1) is 15.3. The summed E-state index contributed by atoms with van der Waals surface area (Å²) >= 11 is 0. The number of piperazine rings is 1. The molecule has 0 aromatic carbocycles. The number of amides is 3. The number of nitrogens with zero attached hydrogens (tertiary/aromatic N) is 1. The Kier molecular flexibility index (Phi) is 5.19. The van der Waals surface area contributed by atoms with Gasteiger partial charge in [0.15, 0.2) is 0 Å². The van der Waals surface area contributed by atoms with Crippen LogP contribution in [0, 0.1) is 0 Å². The second-order valence-electron chi connectivity index (χ2n) is 5.38. The zero-order chi connectivity index (χ0) is 15.2. The van der Waals surface area contributed by atoms with Crippen molar-refractivity contribution < 1.29 is 19.5 Å². The van der Waals surface area contributed by atoms with E-state index in [1.54, 1.807) is 0 Å². The number of rotatable bonds is 4. The van der Waals surface area contributed by atoms with Crippen LogP contribution in [-0.2, 0) is 9.59 Å². The number of carboxylic acid groups (broad SMARTS) is 1. The molecular formula is C14H21N3O4. The summed E-state index contributed by atoms with van der Waals surface area (Å²) in [6.45, 7) is 0.202. The van der Waals surface area contributed by atoms with Crippen molar-refractivity contribution >= 4 is 17.9 Å². The molecule has 1 aliphatic carbocycles. The van der Waals surface area contributed by atoms with E-state index in [9.17, 15) is 14.4 Å². The molecule has 0 spiro atoms. The van der Waals surface area contributed by atoms with E-state index in [0.717, 1.165) is 24.2 Å². The molecule has 0 aromatic rings. The van der Waals surface area contributed by atoms with Gasteiger partial charge in [-0.1, -0.05) is 11.6 Å². The SMILES string of the molecule is O=C1CN(C(=O)NCCC2=CCCCC2)C(C(=O)O)CN1. The minimum Gasteiger partial charge on any atom is -0.480 e. The zero-order valence-electron chi connectivity index (χ0n) is 11.9. The van der Waals surface area contributed by atoms with E-state index >= 15 is 0 Å². The van der Waals surface area contributed by atoms with E-state index in [0.29, 0.717) is 6.54 Å². The largest absolute Gasteiger partial charge is 0.480 e. The molecule has 3 N–H and O–H groups in total. The van der Waals surface area contributed by atoms with Crippen LogP contribution >= 0.6 is 0 Å². The van der Waals surface area contributed by atoms with Gasteiger partial charge in [0.2, 0.25) is 5.91 Å². The van der Waals surface area contributed by atoms with Crippen LogP contribution in [-0.4, -0.2) is 53.6 Å². The fourth-order valence-corrected chi connectivity index (χ4v) is 2.64. The minimum absolute atomic E-state index is 0.0489. The molecule has 1 aliphatic heterocycles. The van der Waals surface area contributed by atoms with Crippen molar-refractivity contribution in [3.8, 4) is 0 Å². The molecule has 1 unspecified atom stereocenters. The van der Waals surface area contributed by atoms with Crippen molar-refractivity contribution in [1.82, 2.24) is 15.5 Å². The molecule has 7 heteroatoms. The molecule has 0 aromatic heterocycles. The van der Waals surface area contributed by atoms with Gasteiger partial charge in [0.05, 0.1) is 0 Å². The summed E-state index contributed by atoms with van der Waals surface area (Å²) in [4.78, 5) is 35.6. The molecule has 1 fully saturated rings. The number of carboxylic acids is 1. The van der Waals surface area contributed by atoms with Crippen LogP contribution in [0.5, 0.6) is 0 Å².